The highest BCUT2D eigenvalue weighted by Gasteiger charge is 2.36. The number of carbonyl (C=O) groups excluding carboxylic acids is 1. The first-order chi connectivity index (χ1) is 9.50. The van der Waals surface area contributed by atoms with E-state index in [4.69, 9.17) is 0 Å². The Morgan fingerprint density at radius 3 is 2.85 bits per heavy atom. The van der Waals surface area contributed by atoms with Gasteiger partial charge in [-0.05, 0) is 47.6 Å². The lowest BCUT2D eigenvalue weighted by Crippen LogP contribution is -2.54. The molecule has 2 rings (SSSR count). The number of hydrogen-bond acceptors (Lipinski definition) is 3. The molecule has 2 N–H and O–H groups in total. The van der Waals surface area contributed by atoms with Crippen molar-refractivity contribution >= 4 is 23.3 Å². The smallest absolute Gasteiger partial charge is 0.326 e. The van der Waals surface area contributed by atoms with Gasteiger partial charge in [-0.3, -0.25) is 0 Å². The number of aryl methyl sites for hydroxylation is 1. The van der Waals surface area contributed by atoms with Gasteiger partial charge in [0.15, 0.2) is 0 Å². The molecule has 2 unspecified atom stereocenters. The van der Waals surface area contributed by atoms with Crippen molar-refractivity contribution in [2.24, 2.45) is 5.92 Å². The van der Waals surface area contributed by atoms with Gasteiger partial charge in [0.05, 0.1) is 0 Å². The van der Waals surface area contributed by atoms with E-state index < -0.39 is 12.0 Å². The third-order valence-electron chi connectivity index (χ3n) is 3.84. The molecular formula is C14H20N2O3S. The summed E-state index contributed by atoms with van der Waals surface area (Å²) >= 11 is 1.60. The molecule has 110 valence electrons. The Kier molecular flexibility index (Phi) is 4.65. The molecule has 0 spiro atoms. The summed E-state index contributed by atoms with van der Waals surface area (Å²) in [5.41, 5.74) is 2.23. The summed E-state index contributed by atoms with van der Waals surface area (Å²) in [7, 11) is 0. The highest BCUT2D eigenvalue weighted by molar-refractivity contribution is 7.08. The maximum atomic E-state index is 12.2. The highest BCUT2D eigenvalue weighted by atomic mass is 32.1. The molecule has 2 heterocycles. The van der Waals surface area contributed by atoms with Gasteiger partial charge in [-0.1, -0.05) is 6.92 Å². The third-order valence-corrected chi connectivity index (χ3v) is 4.75. The average molecular weight is 296 g/mol. The Hall–Kier alpha value is -1.56. The molecule has 2 atom stereocenters. The fourth-order valence-electron chi connectivity index (χ4n) is 2.63. The van der Waals surface area contributed by atoms with Crippen molar-refractivity contribution < 1.29 is 14.7 Å². The summed E-state index contributed by atoms with van der Waals surface area (Å²) in [6, 6.07) is -0.998. The van der Waals surface area contributed by atoms with Gasteiger partial charge in [0.25, 0.3) is 0 Å². The molecule has 5 nitrogen and oxygen atoms in total. The summed E-state index contributed by atoms with van der Waals surface area (Å²) in [5.74, 6) is -0.922. The number of aliphatic carboxylic acids is 1. The van der Waals surface area contributed by atoms with E-state index in [0.717, 1.165) is 24.0 Å². The summed E-state index contributed by atoms with van der Waals surface area (Å²) in [6.07, 6.45) is 1.71. The average Bonchev–Trinajstić information content (AvgIpc) is 2.80. The zero-order chi connectivity index (χ0) is 14.7. The summed E-state index contributed by atoms with van der Waals surface area (Å²) in [4.78, 5) is 25.0. The van der Waals surface area contributed by atoms with Crippen molar-refractivity contribution in [2.45, 2.75) is 39.3 Å². The van der Waals surface area contributed by atoms with Crippen LogP contribution in [0.5, 0.6) is 0 Å². The number of carboxylic acids is 1. The van der Waals surface area contributed by atoms with E-state index in [1.165, 1.54) is 4.90 Å². The second kappa shape index (κ2) is 6.26. The summed E-state index contributed by atoms with van der Waals surface area (Å²) < 4.78 is 0. The van der Waals surface area contributed by atoms with Crippen LogP contribution in [0.1, 0.15) is 30.9 Å². The first-order valence-electron chi connectivity index (χ1n) is 6.79. The Morgan fingerprint density at radius 2 is 2.25 bits per heavy atom. The third kappa shape index (κ3) is 3.12. The number of carboxylic acid groups (broad SMARTS) is 1. The number of piperidine rings is 1. The van der Waals surface area contributed by atoms with Crippen LogP contribution in [0.15, 0.2) is 10.8 Å². The zero-order valence-electron chi connectivity index (χ0n) is 11.8. The van der Waals surface area contributed by atoms with Gasteiger partial charge < -0.3 is 15.3 Å². The van der Waals surface area contributed by atoms with Crippen LogP contribution in [-0.2, 0) is 11.3 Å². The molecule has 0 aliphatic carbocycles. The van der Waals surface area contributed by atoms with Crippen LogP contribution in [0.4, 0.5) is 4.79 Å². The molecule has 0 radical (unpaired) electrons. The summed E-state index contributed by atoms with van der Waals surface area (Å²) in [5, 5.41) is 16.2. The van der Waals surface area contributed by atoms with E-state index in [1.54, 1.807) is 11.3 Å². The number of nitrogens with one attached hydrogen (secondary N) is 1. The van der Waals surface area contributed by atoms with Crippen LogP contribution in [0.3, 0.4) is 0 Å². The molecule has 1 aliphatic rings. The largest absolute Gasteiger partial charge is 0.480 e. The number of carbonyl (C=O) groups is 2. The van der Waals surface area contributed by atoms with Gasteiger partial charge in [-0.2, -0.15) is 11.3 Å². The standard InChI is InChI=1S/C14H20N2O3S/c1-9-4-3-5-16(12(9)13(17)18)14(19)15-6-11-8-20-7-10(11)2/h7-9,12H,3-6H2,1-2H3,(H,15,19)(H,17,18). The van der Waals surface area contributed by atoms with E-state index in [-0.39, 0.29) is 11.9 Å². The number of thiophene rings is 1. The minimum Gasteiger partial charge on any atom is -0.480 e. The number of hydrogen-bond donors (Lipinski definition) is 2. The molecule has 1 fully saturated rings. The molecule has 20 heavy (non-hydrogen) atoms. The number of likely N-dealkylation sites (tertiary alicyclic amines) is 1. The lowest BCUT2D eigenvalue weighted by Gasteiger charge is -2.37. The van der Waals surface area contributed by atoms with Gasteiger partial charge in [-0.25, -0.2) is 9.59 Å². The van der Waals surface area contributed by atoms with Crippen molar-refractivity contribution in [1.82, 2.24) is 10.2 Å². The minimum absolute atomic E-state index is 0.00474. The van der Waals surface area contributed by atoms with E-state index >= 15 is 0 Å². The molecule has 0 bridgehead atoms. The zero-order valence-corrected chi connectivity index (χ0v) is 12.6. The number of nitrogens with zero attached hydrogens (tertiary/aromatic N) is 1. The Balaban J connectivity index is 2.00. The van der Waals surface area contributed by atoms with Crippen molar-refractivity contribution in [1.29, 1.82) is 0 Å². The Labute approximate surface area is 122 Å². The molecule has 6 heteroatoms. The maximum Gasteiger partial charge on any atom is 0.326 e. The van der Waals surface area contributed by atoms with E-state index in [1.807, 2.05) is 24.6 Å². The van der Waals surface area contributed by atoms with Gasteiger partial charge in [0.2, 0.25) is 0 Å². The molecule has 1 aliphatic heterocycles. The predicted molar refractivity (Wildman–Crippen MR) is 77.8 cm³/mol. The molecule has 1 saturated heterocycles. The second-order valence-electron chi connectivity index (χ2n) is 5.33. The Morgan fingerprint density at radius 1 is 1.50 bits per heavy atom. The predicted octanol–water partition coefficient (Wildman–Crippen LogP) is 2.45. The van der Waals surface area contributed by atoms with E-state index in [2.05, 4.69) is 5.32 Å². The van der Waals surface area contributed by atoms with Gasteiger partial charge >= 0.3 is 12.0 Å². The van der Waals surface area contributed by atoms with Crippen LogP contribution in [0.25, 0.3) is 0 Å². The maximum absolute atomic E-state index is 12.2. The summed E-state index contributed by atoms with van der Waals surface area (Å²) in [6.45, 7) is 4.85. The van der Waals surface area contributed by atoms with Crippen molar-refractivity contribution in [3.8, 4) is 0 Å². The molecular weight excluding hydrogens is 276 g/mol. The normalized spacial score (nSPS) is 22.6. The first kappa shape index (κ1) is 14.8. The quantitative estimate of drug-likeness (QED) is 0.900. The molecule has 1 aromatic heterocycles. The van der Waals surface area contributed by atoms with Gasteiger partial charge in [-0.15, -0.1) is 0 Å². The SMILES string of the molecule is Cc1cscc1CNC(=O)N1CCCC(C)C1C(=O)O. The fourth-order valence-corrected chi connectivity index (χ4v) is 3.49. The topological polar surface area (TPSA) is 69.6 Å². The first-order valence-corrected chi connectivity index (χ1v) is 7.74. The van der Waals surface area contributed by atoms with Crippen LogP contribution in [-0.4, -0.2) is 34.6 Å². The van der Waals surface area contributed by atoms with E-state index in [9.17, 15) is 14.7 Å². The fraction of sp³-hybridized carbons (Fsp3) is 0.571. The van der Waals surface area contributed by atoms with Gasteiger partial charge in [0.1, 0.15) is 6.04 Å². The number of urea groups is 1. The van der Waals surface area contributed by atoms with Crippen LogP contribution >= 0.6 is 11.3 Å². The second-order valence-corrected chi connectivity index (χ2v) is 6.08. The number of amides is 2. The van der Waals surface area contributed by atoms with Crippen molar-refractivity contribution in [3.63, 3.8) is 0 Å². The lowest BCUT2D eigenvalue weighted by atomic mass is 9.91. The van der Waals surface area contributed by atoms with Crippen LogP contribution in [0, 0.1) is 12.8 Å². The molecule has 1 aromatic rings. The van der Waals surface area contributed by atoms with E-state index in [0.29, 0.717) is 13.1 Å². The molecule has 0 aromatic carbocycles. The molecule has 0 saturated carbocycles. The highest BCUT2D eigenvalue weighted by Crippen LogP contribution is 2.23. The van der Waals surface area contributed by atoms with Crippen LogP contribution in [0.2, 0.25) is 0 Å². The minimum atomic E-state index is -0.918. The van der Waals surface area contributed by atoms with Crippen LogP contribution < -0.4 is 5.32 Å². The molecule has 2 amide bonds. The van der Waals surface area contributed by atoms with Gasteiger partial charge in [0, 0.05) is 13.1 Å². The number of rotatable bonds is 3. The van der Waals surface area contributed by atoms with Crippen molar-refractivity contribution in [2.75, 3.05) is 6.54 Å². The lowest BCUT2D eigenvalue weighted by molar-refractivity contribution is -0.145. The van der Waals surface area contributed by atoms with Crippen molar-refractivity contribution in [3.05, 3.63) is 21.9 Å². The Bertz CT molecular complexity index is 500. The monoisotopic (exact) mass is 296 g/mol.